The van der Waals surface area contributed by atoms with Crippen molar-refractivity contribution >= 4 is 23.2 Å². The second-order valence-corrected chi connectivity index (χ2v) is 5.60. The molecule has 132 valence electrons. The van der Waals surface area contributed by atoms with Gasteiger partial charge in [-0.3, -0.25) is 4.79 Å². The average Bonchev–Trinajstić information content (AvgIpc) is 2.61. The minimum Gasteiger partial charge on any atom is -0.495 e. The number of amides is 1. The summed E-state index contributed by atoms with van der Waals surface area (Å²) in [5, 5.41) is 3.30. The van der Waals surface area contributed by atoms with Crippen molar-refractivity contribution in [2.24, 2.45) is 0 Å². The highest BCUT2D eigenvalue weighted by atomic mass is 35.5. The zero-order chi connectivity index (χ0) is 18.4. The molecule has 1 amide bonds. The summed E-state index contributed by atoms with van der Waals surface area (Å²) in [6.07, 6.45) is 2.28. The molecule has 0 aliphatic carbocycles. The van der Waals surface area contributed by atoms with Gasteiger partial charge in [0.05, 0.1) is 27.0 Å². The van der Waals surface area contributed by atoms with Crippen molar-refractivity contribution in [3.63, 3.8) is 0 Å². The molecule has 0 saturated carbocycles. The molecule has 0 radical (unpaired) electrons. The van der Waals surface area contributed by atoms with Gasteiger partial charge in [0.25, 0.3) is 5.91 Å². The average molecular weight is 362 g/mol. The van der Waals surface area contributed by atoms with E-state index in [-0.39, 0.29) is 5.91 Å². The van der Waals surface area contributed by atoms with Crippen molar-refractivity contribution in [2.75, 3.05) is 26.6 Å². The summed E-state index contributed by atoms with van der Waals surface area (Å²) >= 11 is 6.00. The van der Waals surface area contributed by atoms with Gasteiger partial charge in [0.2, 0.25) is 0 Å². The molecule has 0 heterocycles. The molecule has 0 bridgehead atoms. The van der Waals surface area contributed by atoms with Crippen molar-refractivity contribution in [2.45, 2.75) is 6.42 Å². The Hall–Kier alpha value is -2.66. The monoisotopic (exact) mass is 361 g/mol. The fourth-order valence-corrected chi connectivity index (χ4v) is 2.63. The number of benzene rings is 2. The van der Waals surface area contributed by atoms with Crippen LogP contribution in [-0.4, -0.2) is 27.2 Å². The fraction of sp³-hybridized carbons (Fsp3) is 0.211. The van der Waals surface area contributed by atoms with Crippen LogP contribution >= 0.6 is 11.6 Å². The summed E-state index contributed by atoms with van der Waals surface area (Å²) in [5.74, 6) is 1.26. The zero-order valence-electron chi connectivity index (χ0n) is 14.4. The Balaban J connectivity index is 2.41. The molecule has 25 heavy (non-hydrogen) atoms. The highest BCUT2D eigenvalue weighted by molar-refractivity contribution is 6.31. The van der Waals surface area contributed by atoms with Crippen molar-refractivity contribution in [3.8, 4) is 17.2 Å². The first-order chi connectivity index (χ1) is 12.0. The summed E-state index contributed by atoms with van der Waals surface area (Å²) in [4.78, 5) is 12.7. The third-order valence-electron chi connectivity index (χ3n) is 3.59. The number of anilines is 1. The molecule has 0 saturated heterocycles. The minimum atomic E-state index is -0.313. The molecular weight excluding hydrogens is 342 g/mol. The van der Waals surface area contributed by atoms with Crippen LogP contribution in [0.1, 0.15) is 15.9 Å². The lowest BCUT2D eigenvalue weighted by Crippen LogP contribution is -2.13. The number of rotatable bonds is 7. The van der Waals surface area contributed by atoms with E-state index in [0.29, 0.717) is 39.9 Å². The van der Waals surface area contributed by atoms with Crippen molar-refractivity contribution in [3.05, 3.63) is 59.1 Å². The molecule has 2 aromatic rings. The van der Waals surface area contributed by atoms with Crippen LogP contribution in [0.2, 0.25) is 5.02 Å². The first-order valence-corrected chi connectivity index (χ1v) is 7.92. The number of halogens is 1. The molecule has 0 atom stereocenters. The van der Waals surface area contributed by atoms with E-state index in [2.05, 4.69) is 11.9 Å². The lowest BCUT2D eigenvalue weighted by molar-refractivity contribution is 0.102. The zero-order valence-corrected chi connectivity index (χ0v) is 15.1. The first kappa shape index (κ1) is 18.7. The molecule has 6 heteroatoms. The molecule has 0 spiro atoms. The van der Waals surface area contributed by atoms with Gasteiger partial charge in [0, 0.05) is 16.1 Å². The van der Waals surface area contributed by atoms with E-state index in [9.17, 15) is 4.79 Å². The van der Waals surface area contributed by atoms with Gasteiger partial charge in [0.15, 0.2) is 11.5 Å². The van der Waals surface area contributed by atoms with Gasteiger partial charge < -0.3 is 19.5 Å². The third kappa shape index (κ3) is 4.25. The summed E-state index contributed by atoms with van der Waals surface area (Å²) in [7, 11) is 4.61. The van der Waals surface area contributed by atoms with E-state index < -0.39 is 0 Å². The van der Waals surface area contributed by atoms with Gasteiger partial charge in [-0.2, -0.15) is 0 Å². The van der Waals surface area contributed by atoms with E-state index >= 15 is 0 Å². The van der Waals surface area contributed by atoms with E-state index in [4.69, 9.17) is 25.8 Å². The second-order valence-electron chi connectivity index (χ2n) is 5.16. The van der Waals surface area contributed by atoms with Crippen molar-refractivity contribution < 1.29 is 19.0 Å². The summed E-state index contributed by atoms with van der Waals surface area (Å²) in [6.45, 7) is 3.73. The molecule has 0 fully saturated rings. The Morgan fingerprint density at radius 2 is 1.84 bits per heavy atom. The molecule has 0 aromatic heterocycles. The topological polar surface area (TPSA) is 56.8 Å². The number of hydrogen-bond acceptors (Lipinski definition) is 4. The van der Waals surface area contributed by atoms with Gasteiger partial charge in [-0.05, 0) is 36.8 Å². The van der Waals surface area contributed by atoms with Crippen LogP contribution in [0.25, 0.3) is 0 Å². The standard InChI is InChI=1S/C19H20ClNO4/c1-5-6-12-9-13(10-17(24-3)18(12)25-4)19(22)21-15-11-14(20)7-8-16(15)23-2/h5,7-11H,1,6H2,2-4H3,(H,21,22). The lowest BCUT2D eigenvalue weighted by atomic mass is 10.0. The number of allylic oxidation sites excluding steroid dienone is 1. The van der Waals surface area contributed by atoms with Crippen LogP contribution in [0.15, 0.2) is 43.0 Å². The quantitative estimate of drug-likeness (QED) is 0.745. The molecule has 1 N–H and O–H groups in total. The SMILES string of the molecule is C=CCc1cc(C(=O)Nc2cc(Cl)ccc2OC)cc(OC)c1OC. The molecule has 0 unspecified atom stereocenters. The van der Waals surface area contributed by atoms with Gasteiger partial charge in [-0.15, -0.1) is 6.58 Å². The molecule has 2 aromatic carbocycles. The van der Waals surface area contributed by atoms with Gasteiger partial charge in [-0.25, -0.2) is 0 Å². The summed E-state index contributed by atoms with van der Waals surface area (Å²) < 4.78 is 16.0. The maximum Gasteiger partial charge on any atom is 0.255 e. The third-order valence-corrected chi connectivity index (χ3v) is 3.83. The largest absolute Gasteiger partial charge is 0.495 e. The van der Waals surface area contributed by atoms with Crippen molar-refractivity contribution in [1.82, 2.24) is 0 Å². The predicted octanol–water partition coefficient (Wildman–Crippen LogP) is 4.35. The maximum absolute atomic E-state index is 12.7. The maximum atomic E-state index is 12.7. The van der Waals surface area contributed by atoms with E-state index in [0.717, 1.165) is 5.56 Å². The van der Waals surface area contributed by atoms with Gasteiger partial charge in [-0.1, -0.05) is 17.7 Å². The van der Waals surface area contributed by atoms with Gasteiger partial charge >= 0.3 is 0 Å². The van der Waals surface area contributed by atoms with E-state index in [1.54, 1.807) is 43.5 Å². The lowest BCUT2D eigenvalue weighted by Gasteiger charge is -2.15. The molecule has 0 aliphatic heterocycles. The predicted molar refractivity (Wildman–Crippen MR) is 99.4 cm³/mol. The van der Waals surface area contributed by atoms with Crippen LogP contribution in [0.3, 0.4) is 0 Å². The van der Waals surface area contributed by atoms with Crippen LogP contribution in [0.5, 0.6) is 17.2 Å². The Labute approximate surface area is 152 Å². The number of carbonyl (C=O) groups is 1. The van der Waals surface area contributed by atoms with Crippen LogP contribution in [-0.2, 0) is 6.42 Å². The Morgan fingerprint density at radius 3 is 2.44 bits per heavy atom. The number of ether oxygens (including phenoxy) is 3. The highest BCUT2D eigenvalue weighted by Crippen LogP contribution is 2.34. The smallest absolute Gasteiger partial charge is 0.255 e. The summed E-state index contributed by atoms with van der Waals surface area (Å²) in [5.41, 5.74) is 1.72. The van der Waals surface area contributed by atoms with Crippen LogP contribution < -0.4 is 19.5 Å². The minimum absolute atomic E-state index is 0.313. The fourth-order valence-electron chi connectivity index (χ4n) is 2.45. The number of nitrogens with one attached hydrogen (secondary N) is 1. The Morgan fingerprint density at radius 1 is 1.12 bits per heavy atom. The number of carbonyl (C=O) groups excluding carboxylic acids is 1. The van der Waals surface area contributed by atoms with Crippen LogP contribution in [0, 0.1) is 0 Å². The summed E-state index contributed by atoms with van der Waals surface area (Å²) in [6, 6.07) is 8.38. The van der Waals surface area contributed by atoms with Crippen LogP contribution in [0.4, 0.5) is 5.69 Å². The number of hydrogen-bond donors (Lipinski definition) is 1. The molecular formula is C19H20ClNO4. The van der Waals surface area contributed by atoms with E-state index in [1.165, 1.54) is 14.2 Å². The highest BCUT2D eigenvalue weighted by Gasteiger charge is 2.17. The molecule has 5 nitrogen and oxygen atoms in total. The van der Waals surface area contributed by atoms with Gasteiger partial charge in [0.1, 0.15) is 5.75 Å². The normalized spacial score (nSPS) is 10.1. The second kappa shape index (κ2) is 8.44. The Kier molecular flexibility index (Phi) is 6.31. The Bertz CT molecular complexity index is 789. The molecule has 0 aliphatic rings. The van der Waals surface area contributed by atoms with Crippen molar-refractivity contribution in [1.29, 1.82) is 0 Å². The molecule has 2 rings (SSSR count). The van der Waals surface area contributed by atoms with E-state index in [1.807, 2.05) is 0 Å². The number of methoxy groups -OCH3 is 3. The first-order valence-electron chi connectivity index (χ1n) is 7.54.